The summed E-state index contributed by atoms with van der Waals surface area (Å²) in [5.74, 6) is 0.631. The predicted molar refractivity (Wildman–Crippen MR) is 183 cm³/mol. The van der Waals surface area contributed by atoms with Crippen LogP contribution in [0.5, 0.6) is 0 Å². The third-order valence-corrected chi connectivity index (χ3v) is 7.41. The topological polar surface area (TPSA) is 68.9 Å². The summed E-state index contributed by atoms with van der Waals surface area (Å²) in [7, 11) is 0. The van der Waals surface area contributed by atoms with Crippen molar-refractivity contribution < 1.29 is 9.53 Å². The normalized spacial score (nSPS) is 18.9. The van der Waals surface area contributed by atoms with E-state index in [4.69, 9.17) is 10.00 Å². The largest absolute Gasteiger partial charge is 0.444 e. The van der Waals surface area contributed by atoms with E-state index in [9.17, 15) is 4.79 Å². The highest BCUT2D eigenvalue weighted by Crippen LogP contribution is 2.42. The lowest BCUT2D eigenvalue weighted by molar-refractivity contribution is -0.00575. The van der Waals surface area contributed by atoms with E-state index >= 15 is 0 Å². The number of rotatable bonds is 10. The van der Waals surface area contributed by atoms with Gasteiger partial charge in [0.05, 0.1) is 17.2 Å². The zero-order valence-electron chi connectivity index (χ0n) is 29.0. The Kier molecular flexibility index (Phi) is 15.5. The molecule has 1 saturated heterocycles. The van der Waals surface area contributed by atoms with Crippen molar-refractivity contribution in [2.75, 3.05) is 19.6 Å². The van der Waals surface area contributed by atoms with Crippen LogP contribution in [0.1, 0.15) is 108 Å². The molecule has 1 aliphatic heterocycles. The molecule has 1 aliphatic carbocycles. The third kappa shape index (κ3) is 12.8. The van der Waals surface area contributed by atoms with Crippen molar-refractivity contribution >= 4 is 11.8 Å². The van der Waals surface area contributed by atoms with Gasteiger partial charge in [-0.05, 0) is 112 Å². The maximum atomic E-state index is 12.6. The summed E-state index contributed by atoms with van der Waals surface area (Å²) in [4.78, 5) is 21.4. The monoisotopic (exact) mass is 590 g/mol. The number of carbonyl (C=O) groups is 1. The highest BCUT2D eigenvalue weighted by atomic mass is 16.6. The van der Waals surface area contributed by atoms with Crippen LogP contribution in [0.25, 0.3) is 0 Å². The van der Waals surface area contributed by atoms with Gasteiger partial charge in [-0.1, -0.05) is 50.6 Å². The Morgan fingerprint density at radius 1 is 1.16 bits per heavy atom. The van der Waals surface area contributed by atoms with Crippen LogP contribution >= 0.6 is 0 Å². The van der Waals surface area contributed by atoms with Crippen molar-refractivity contribution in [2.45, 2.75) is 119 Å². The first kappa shape index (κ1) is 37.7. The number of aliphatic imine (C=N–C) groups is 1. The molecule has 1 saturated carbocycles. The Morgan fingerprint density at radius 3 is 2.28 bits per heavy atom. The number of nitrogens with zero attached hydrogens (tertiary/aromatic N) is 4. The van der Waals surface area contributed by atoms with E-state index in [0.717, 1.165) is 37.1 Å². The smallest absolute Gasteiger partial charge is 0.410 e. The van der Waals surface area contributed by atoms with E-state index in [1.165, 1.54) is 35.3 Å². The van der Waals surface area contributed by atoms with Gasteiger partial charge in [0.1, 0.15) is 5.60 Å². The molecule has 1 amide bonds. The summed E-state index contributed by atoms with van der Waals surface area (Å²) in [5, 5.41) is 8.85. The highest BCUT2D eigenvalue weighted by molar-refractivity contribution is 6.03. The zero-order valence-corrected chi connectivity index (χ0v) is 29.0. The zero-order chi connectivity index (χ0) is 32.8. The summed E-state index contributed by atoms with van der Waals surface area (Å²) >= 11 is 0. The molecule has 0 spiro atoms. The number of hydrogen-bond acceptors (Lipinski definition) is 5. The van der Waals surface area contributed by atoms with Crippen molar-refractivity contribution in [2.24, 2.45) is 10.9 Å². The SMILES string of the molecule is C=CN=C(C)C(/C(=C\C)C1CC1)=C(\C)N1CCN(C(=O)OC(C)(C)C)CC1(C)C.CC/C=C/C=C(C#N)\C=C(/C)CCC. The van der Waals surface area contributed by atoms with Gasteiger partial charge in [0.25, 0.3) is 0 Å². The third-order valence-electron chi connectivity index (χ3n) is 7.41. The molecule has 0 unspecified atom stereocenters. The van der Waals surface area contributed by atoms with E-state index in [2.05, 4.69) is 84.0 Å². The van der Waals surface area contributed by atoms with Gasteiger partial charge in [0, 0.05) is 42.8 Å². The molecule has 0 aromatic rings. The molecular weight excluding hydrogens is 532 g/mol. The molecule has 2 fully saturated rings. The molecule has 0 aromatic carbocycles. The van der Waals surface area contributed by atoms with E-state index in [-0.39, 0.29) is 11.6 Å². The fourth-order valence-electron chi connectivity index (χ4n) is 5.41. The molecular formula is C37H58N4O2. The summed E-state index contributed by atoms with van der Waals surface area (Å²) in [5.41, 5.74) is 6.16. The quantitative estimate of drug-likeness (QED) is 0.144. The van der Waals surface area contributed by atoms with Crippen LogP contribution < -0.4 is 0 Å². The summed E-state index contributed by atoms with van der Waals surface area (Å²) in [6, 6.07) is 2.18. The van der Waals surface area contributed by atoms with Crippen LogP contribution in [-0.4, -0.2) is 52.4 Å². The molecule has 0 N–H and O–H groups in total. The number of hydrogen-bond donors (Lipinski definition) is 0. The molecule has 6 nitrogen and oxygen atoms in total. The predicted octanol–water partition coefficient (Wildman–Crippen LogP) is 9.70. The van der Waals surface area contributed by atoms with Gasteiger partial charge < -0.3 is 14.5 Å². The summed E-state index contributed by atoms with van der Waals surface area (Å²) < 4.78 is 5.60. The van der Waals surface area contributed by atoms with Gasteiger partial charge in [-0.25, -0.2) is 4.79 Å². The second kappa shape index (κ2) is 17.7. The molecule has 0 bridgehead atoms. The maximum absolute atomic E-state index is 12.6. The fraction of sp³-hybridized carbons (Fsp3) is 0.595. The standard InChI is InChI=1S/C24H39N3O2.C13H19N/c1-10-20(19-12-13-19)21(17(3)25-11-2)18(4)27-15-14-26(16-24(27,8)9)22(28)29-23(5,6)7;1-4-6-7-9-13(11-14)10-12(3)8-5-2/h10-11,19H,2,12-16H2,1,3-9H3;6-7,9-10H,4-5,8H2,1-3H3/b20-10-,21-18-,25-17?;7-6+,12-10+,13-9+. The molecule has 6 heteroatoms. The molecule has 2 aliphatic rings. The number of ether oxygens (including phenoxy) is 1. The molecule has 1 heterocycles. The van der Waals surface area contributed by atoms with Crippen molar-refractivity contribution in [1.29, 1.82) is 5.26 Å². The molecule has 0 aromatic heterocycles. The van der Waals surface area contributed by atoms with Crippen LogP contribution in [0.15, 0.2) is 76.1 Å². The Bertz CT molecular complexity index is 1180. The van der Waals surface area contributed by atoms with E-state index in [0.29, 0.717) is 19.0 Å². The fourth-order valence-corrected chi connectivity index (χ4v) is 5.41. The second-order valence-corrected chi connectivity index (χ2v) is 13.1. The lowest BCUT2D eigenvalue weighted by Crippen LogP contribution is -2.60. The van der Waals surface area contributed by atoms with E-state index < -0.39 is 5.60 Å². The molecule has 238 valence electrons. The van der Waals surface area contributed by atoms with Gasteiger partial charge in [0.2, 0.25) is 0 Å². The van der Waals surface area contributed by atoms with Crippen molar-refractivity contribution in [1.82, 2.24) is 9.80 Å². The van der Waals surface area contributed by atoms with Gasteiger partial charge in [-0.3, -0.25) is 4.99 Å². The minimum atomic E-state index is -0.481. The van der Waals surface area contributed by atoms with Crippen LogP contribution in [0.4, 0.5) is 4.79 Å². The number of nitriles is 1. The second-order valence-electron chi connectivity index (χ2n) is 13.1. The van der Waals surface area contributed by atoms with Crippen LogP contribution in [0.2, 0.25) is 0 Å². The Hall–Kier alpha value is -3.33. The Labute approximate surface area is 263 Å². The summed E-state index contributed by atoms with van der Waals surface area (Å²) in [6.45, 7) is 28.6. The first-order chi connectivity index (χ1) is 20.1. The lowest BCUT2D eigenvalue weighted by Gasteiger charge is -2.49. The van der Waals surface area contributed by atoms with Crippen LogP contribution in [0.3, 0.4) is 0 Å². The Morgan fingerprint density at radius 2 is 1.81 bits per heavy atom. The van der Waals surface area contributed by atoms with Gasteiger partial charge in [0.15, 0.2) is 0 Å². The van der Waals surface area contributed by atoms with E-state index in [1.54, 1.807) is 6.20 Å². The maximum Gasteiger partial charge on any atom is 0.410 e. The van der Waals surface area contributed by atoms with Crippen molar-refractivity contribution in [3.8, 4) is 6.07 Å². The van der Waals surface area contributed by atoms with E-state index in [1.807, 2.05) is 50.0 Å². The molecule has 0 radical (unpaired) electrons. The molecule has 0 atom stereocenters. The Balaban J connectivity index is 0.000000557. The van der Waals surface area contributed by atoms with Crippen molar-refractivity contribution in [3.63, 3.8) is 0 Å². The van der Waals surface area contributed by atoms with Crippen LogP contribution in [-0.2, 0) is 4.74 Å². The molecule has 2 rings (SSSR count). The number of carbonyl (C=O) groups excluding carboxylic acids is 1. The van der Waals surface area contributed by atoms with Gasteiger partial charge >= 0.3 is 6.09 Å². The van der Waals surface area contributed by atoms with Crippen molar-refractivity contribution in [3.05, 3.63) is 71.1 Å². The van der Waals surface area contributed by atoms with Crippen LogP contribution in [0, 0.1) is 17.2 Å². The minimum absolute atomic E-state index is 0.207. The number of amides is 1. The number of allylic oxidation sites excluding steroid dienone is 10. The first-order valence-corrected chi connectivity index (χ1v) is 15.9. The minimum Gasteiger partial charge on any atom is -0.444 e. The van der Waals surface area contributed by atoms with Gasteiger partial charge in [-0.15, -0.1) is 0 Å². The molecule has 43 heavy (non-hydrogen) atoms. The average Bonchev–Trinajstić information content (AvgIpc) is 3.75. The average molecular weight is 591 g/mol. The summed E-state index contributed by atoms with van der Waals surface area (Å²) in [6.07, 6.45) is 17.1. The number of piperazine rings is 1. The van der Waals surface area contributed by atoms with Gasteiger partial charge in [-0.2, -0.15) is 5.26 Å². The highest BCUT2D eigenvalue weighted by Gasteiger charge is 2.39. The lowest BCUT2D eigenvalue weighted by atomic mass is 9.91. The first-order valence-electron chi connectivity index (χ1n) is 15.9.